The zero-order chi connectivity index (χ0) is 13.0. The van der Waals surface area contributed by atoms with Gasteiger partial charge in [-0.05, 0) is 19.3 Å². The van der Waals surface area contributed by atoms with Gasteiger partial charge < -0.3 is 21.5 Å². The molecule has 0 radical (unpaired) electrons. The molecule has 0 aromatic heterocycles. The summed E-state index contributed by atoms with van der Waals surface area (Å²) in [5.41, 5.74) is 10.7. The van der Waals surface area contributed by atoms with E-state index in [4.69, 9.17) is 16.6 Å². The maximum Gasteiger partial charge on any atom is 0.305 e. The van der Waals surface area contributed by atoms with Gasteiger partial charge in [-0.15, -0.1) is 0 Å². The van der Waals surface area contributed by atoms with Gasteiger partial charge in [0.15, 0.2) is 0 Å². The highest BCUT2D eigenvalue weighted by Gasteiger charge is 2.33. The fourth-order valence-electron chi connectivity index (χ4n) is 1.98. The van der Waals surface area contributed by atoms with E-state index in [1.165, 1.54) is 4.90 Å². The summed E-state index contributed by atoms with van der Waals surface area (Å²) in [4.78, 5) is 34.8. The van der Waals surface area contributed by atoms with Gasteiger partial charge in [0.1, 0.15) is 6.04 Å². The van der Waals surface area contributed by atoms with Crippen LogP contribution in [0.4, 0.5) is 0 Å². The average Bonchev–Trinajstić information content (AvgIpc) is 2.27. The van der Waals surface area contributed by atoms with Gasteiger partial charge in [-0.1, -0.05) is 0 Å². The minimum Gasteiger partial charge on any atom is -0.481 e. The Labute approximate surface area is 98.7 Å². The molecule has 0 spiro atoms. The van der Waals surface area contributed by atoms with Crippen molar-refractivity contribution in [3.63, 3.8) is 0 Å². The lowest BCUT2D eigenvalue weighted by Crippen LogP contribution is -2.55. The maximum atomic E-state index is 11.9. The van der Waals surface area contributed by atoms with Gasteiger partial charge in [-0.3, -0.25) is 14.4 Å². The Morgan fingerprint density at radius 3 is 2.53 bits per heavy atom. The topological polar surface area (TPSA) is 127 Å². The number of amides is 2. The molecule has 2 amide bonds. The van der Waals surface area contributed by atoms with Crippen LogP contribution in [0, 0.1) is 0 Å². The van der Waals surface area contributed by atoms with Crippen LogP contribution < -0.4 is 11.5 Å². The first-order valence-electron chi connectivity index (χ1n) is 5.50. The van der Waals surface area contributed by atoms with Gasteiger partial charge in [-0.2, -0.15) is 0 Å². The minimum atomic E-state index is -1.14. The van der Waals surface area contributed by atoms with E-state index in [0.29, 0.717) is 13.0 Å². The number of nitrogens with zero attached hydrogens (tertiary/aromatic N) is 1. The molecule has 1 aliphatic rings. The van der Waals surface area contributed by atoms with Crippen molar-refractivity contribution in [3.05, 3.63) is 0 Å². The van der Waals surface area contributed by atoms with Gasteiger partial charge in [0, 0.05) is 6.54 Å². The molecule has 96 valence electrons. The third-order valence-corrected chi connectivity index (χ3v) is 2.83. The number of likely N-dealkylation sites (tertiary alicyclic amines) is 1. The molecule has 0 aromatic carbocycles. The monoisotopic (exact) mass is 243 g/mol. The van der Waals surface area contributed by atoms with E-state index in [0.717, 1.165) is 12.8 Å². The standard InChI is InChI=1S/C10H17N3O4/c11-6(5-8(14)15)10(17)13-4-2-1-3-7(13)9(12)16/h6-7H,1-5,11H2,(H2,12,16)(H,14,15). The predicted molar refractivity (Wildman–Crippen MR) is 58.8 cm³/mol. The summed E-state index contributed by atoms with van der Waals surface area (Å²) in [5.74, 6) is -2.23. The Bertz CT molecular complexity index is 332. The Kier molecular flexibility index (Phi) is 4.45. The zero-order valence-corrected chi connectivity index (χ0v) is 9.46. The van der Waals surface area contributed by atoms with Crippen molar-refractivity contribution in [2.75, 3.05) is 6.54 Å². The average molecular weight is 243 g/mol. The Hall–Kier alpha value is -1.63. The van der Waals surface area contributed by atoms with Gasteiger partial charge in [0.05, 0.1) is 12.5 Å². The highest BCUT2D eigenvalue weighted by atomic mass is 16.4. The summed E-state index contributed by atoms with van der Waals surface area (Å²) in [6.07, 6.45) is 1.67. The van der Waals surface area contributed by atoms with Crippen LogP contribution in [0.1, 0.15) is 25.7 Å². The molecule has 1 rings (SSSR count). The largest absolute Gasteiger partial charge is 0.481 e. The number of aliphatic carboxylic acids is 1. The summed E-state index contributed by atoms with van der Waals surface area (Å²) in [6, 6.07) is -1.77. The van der Waals surface area contributed by atoms with Crippen molar-refractivity contribution in [2.24, 2.45) is 11.5 Å². The number of carbonyl (C=O) groups excluding carboxylic acids is 2. The SMILES string of the molecule is NC(=O)C1CCCCN1C(=O)C(N)CC(=O)O. The number of carbonyl (C=O) groups is 3. The molecular formula is C10H17N3O4. The van der Waals surface area contributed by atoms with E-state index in [2.05, 4.69) is 0 Å². The number of primary amides is 1. The van der Waals surface area contributed by atoms with E-state index >= 15 is 0 Å². The molecule has 2 atom stereocenters. The molecule has 7 heteroatoms. The summed E-state index contributed by atoms with van der Waals surface area (Å²) in [6.45, 7) is 0.403. The first-order valence-corrected chi connectivity index (χ1v) is 5.50. The van der Waals surface area contributed by atoms with E-state index in [1.807, 2.05) is 0 Å². The van der Waals surface area contributed by atoms with Gasteiger partial charge in [0.25, 0.3) is 0 Å². The quantitative estimate of drug-likeness (QED) is 0.563. The fourth-order valence-corrected chi connectivity index (χ4v) is 1.98. The summed E-state index contributed by atoms with van der Waals surface area (Å²) in [7, 11) is 0. The highest BCUT2D eigenvalue weighted by Crippen LogP contribution is 2.17. The summed E-state index contributed by atoms with van der Waals surface area (Å²) in [5, 5.41) is 8.56. The fraction of sp³-hybridized carbons (Fsp3) is 0.700. The molecule has 0 aliphatic carbocycles. The minimum absolute atomic E-state index is 0.403. The Balaban J connectivity index is 2.70. The van der Waals surface area contributed by atoms with Crippen LogP contribution in [-0.4, -0.2) is 46.4 Å². The maximum absolute atomic E-state index is 11.9. The van der Waals surface area contributed by atoms with Crippen LogP contribution in [0.5, 0.6) is 0 Å². The van der Waals surface area contributed by atoms with Crippen LogP contribution >= 0.6 is 0 Å². The number of hydrogen-bond acceptors (Lipinski definition) is 4. The van der Waals surface area contributed by atoms with E-state index in [9.17, 15) is 14.4 Å². The van der Waals surface area contributed by atoms with Crippen LogP contribution in [0.15, 0.2) is 0 Å². The molecule has 2 unspecified atom stereocenters. The lowest BCUT2D eigenvalue weighted by atomic mass is 10.00. The molecule has 0 aromatic rings. The second-order valence-corrected chi connectivity index (χ2v) is 4.15. The lowest BCUT2D eigenvalue weighted by molar-refractivity contribution is -0.145. The highest BCUT2D eigenvalue weighted by molar-refractivity contribution is 5.91. The molecule has 5 N–H and O–H groups in total. The summed E-state index contributed by atoms with van der Waals surface area (Å²) < 4.78 is 0. The van der Waals surface area contributed by atoms with Gasteiger partial charge >= 0.3 is 5.97 Å². The van der Waals surface area contributed by atoms with Crippen LogP contribution in [0.2, 0.25) is 0 Å². The molecule has 1 heterocycles. The molecule has 0 saturated carbocycles. The second-order valence-electron chi connectivity index (χ2n) is 4.15. The molecule has 1 saturated heterocycles. The lowest BCUT2D eigenvalue weighted by Gasteiger charge is -2.35. The number of nitrogens with two attached hydrogens (primary N) is 2. The third-order valence-electron chi connectivity index (χ3n) is 2.83. The Morgan fingerprint density at radius 1 is 1.35 bits per heavy atom. The molecular weight excluding hydrogens is 226 g/mol. The zero-order valence-electron chi connectivity index (χ0n) is 9.46. The van der Waals surface area contributed by atoms with E-state index < -0.39 is 36.3 Å². The van der Waals surface area contributed by atoms with Crippen molar-refractivity contribution < 1.29 is 19.5 Å². The first-order chi connectivity index (χ1) is 7.93. The molecule has 0 bridgehead atoms. The number of rotatable bonds is 4. The normalized spacial score (nSPS) is 21.9. The first kappa shape index (κ1) is 13.4. The summed E-state index contributed by atoms with van der Waals surface area (Å²) >= 11 is 0. The Morgan fingerprint density at radius 2 is 2.00 bits per heavy atom. The van der Waals surface area contributed by atoms with Crippen molar-refractivity contribution in [1.82, 2.24) is 4.90 Å². The second kappa shape index (κ2) is 5.62. The van der Waals surface area contributed by atoms with Crippen LogP contribution in [-0.2, 0) is 14.4 Å². The number of piperidine rings is 1. The van der Waals surface area contributed by atoms with Crippen molar-refractivity contribution >= 4 is 17.8 Å². The van der Waals surface area contributed by atoms with Crippen LogP contribution in [0.25, 0.3) is 0 Å². The molecule has 17 heavy (non-hydrogen) atoms. The molecule has 7 nitrogen and oxygen atoms in total. The molecule has 1 fully saturated rings. The number of carboxylic acid groups (broad SMARTS) is 1. The van der Waals surface area contributed by atoms with E-state index in [1.54, 1.807) is 0 Å². The number of hydrogen-bond donors (Lipinski definition) is 3. The predicted octanol–water partition coefficient (Wildman–Crippen LogP) is -1.35. The van der Waals surface area contributed by atoms with Gasteiger partial charge in [0.2, 0.25) is 11.8 Å². The van der Waals surface area contributed by atoms with E-state index in [-0.39, 0.29) is 0 Å². The van der Waals surface area contributed by atoms with Crippen molar-refractivity contribution in [2.45, 2.75) is 37.8 Å². The molecule has 1 aliphatic heterocycles. The van der Waals surface area contributed by atoms with Crippen molar-refractivity contribution in [3.8, 4) is 0 Å². The van der Waals surface area contributed by atoms with Crippen LogP contribution in [0.3, 0.4) is 0 Å². The third kappa shape index (κ3) is 3.42. The smallest absolute Gasteiger partial charge is 0.305 e. The number of carboxylic acids is 1. The van der Waals surface area contributed by atoms with Crippen molar-refractivity contribution in [1.29, 1.82) is 0 Å². The van der Waals surface area contributed by atoms with Gasteiger partial charge in [-0.25, -0.2) is 0 Å².